The van der Waals surface area contributed by atoms with Crippen LogP contribution < -0.4 is 10.6 Å². The number of amides is 1. The number of benzene rings is 2. The van der Waals surface area contributed by atoms with Gasteiger partial charge in [-0.2, -0.15) is 5.10 Å². The van der Waals surface area contributed by atoms with Crippen LogP contribution in [0, 0.1) is 0 Å². The van der Waals surface area contributed by atoms with Crippen LogP contribution in [0.4, 0.5) is 17.3 Å². The van der Waals surface area contributed by atoms with Crippen LogP contribution in [-0.4, -0.2) is 55.8 Å². The van der Waals surface area contributed by atoms with Gasteiger partial charge in [0.1, 0.15) is 0 Å². The van der Waals surface area contributed by atoms with E-state index in [2.05, 4.69) is 48.5 Å². The number of nitrogens with zero attached hydrogens (tertiary/aromatic N) is 6. The zero-order valence-corrected chi connectivity index (χ0v) is 21.0. The number of fused-ring (bicyclic) bond motifs is 2. The van der Waals surface area contributed by atoms with Crippen molar-refractivity contribution in [3.05, 3.63) is 61.1 Å². The van der Waals surface area contributed by atoms with E-state index in [-0.39, 0.29) is 5.91 Å². The molecule has 0 saturated heterocycles. The maximum atomic E-state index is 12.3. The molecule has 5 aromatic rings. The summed E-state index contributed by atoms with van der Waals surface area (Å²) in [6, 6.07) is 14.1. The Balaban J connectivity index is 1.50. The average molecular weight is 483 g/mol. The first-order valence-electron chi connectivity index (χ1n) is 12.0. The minimum Gasteiger partial charge on any atom is -0.350 e. The highest BCUT2D eigenvalue weighted by Gasteiger charge is 2.15. The van der Waals surface area contributed by atoms with E-state index in [9.17, 15) is 4.79 Å². The minimum absolute atomic E-state index is 0.0528. The molecule has 2 N–H and O–H groups in total. The van der Waals surface area contributed by atoms with Crippen molar-refractivity contribution >= 4 is 45.0 Å². The quantitative estimate of drug-likeness (QED) is 0.335. The van der Waals surface area contributed by atoms with Crippen LogP contribution >= 0.6 is 0 Å². The van der Waals surface area contributed by atoms with E-state index in [1.807, 2.05) is 69.3 Å². The van der Waals surface area contributed by atoms with Crippen LogP contribution in [0.1, 0.15) is 13.3 Å². The van der Waals surface area contributed by atoms with Crippen LogP contribution in [-0.2, 0) is 18.4 Å². The summed E-state index contributed by atoms with van der Waals surface area (Å²) in [5.41, 5.74) is 5.41. The van der Waals surface area contributed by atoms with E-state index < -0.39 is 0 Å². The number of rotatable bonds is 8. The fourth-order valence-electron chi connectivity index (χ4n) is 4.35. The second kappa shape index (κ2) is 9.79. The molecule has 0 spiro atoms. The molecule has 2 aromatic carbocycles. The normalized spacial score (nSPS) is 11.5. The van der Waals surface area contributed by atoms with E-state index in [0.29, 0.717) is 24.6 Å². The molecule has 36 heavy (non-hydrogen) atoms. The Labute approximate surface area is 209 Å². The van der Waals surface area contributed by atoms with Gasteiger partial charge in [-0.15, -0.1) is 0 Å². The second-order valence-corrected chi connectivity index (χ2v) is 9.10. The molecule has 0 atom stereocenters. The molecule has 9 heteroatoms. The van der Waals surface area contributed by atoms with Gasteiger partial charge in [-0.3, -0.25) is 9.48 Å². The lowest BCUT2D eigenvalue weighted by Crippen LogP contribution is -2.19. The summed E-state index contributed by atoms with van der Waals surface area (Å²) in [6.45, 7) is 3.39. The monoisotopic (exact) mass is 482 g/mol. The number of anilines is 3. The smallest absolute Gasteiger partial charge is 0.227 e. The van der Waals surface area contributed by atoms with Crippen molar-refractivity contribution in [2.45, 2.75) is 19.9 Å². The van der Waals surface area contributed by atoms with Gasteiger partial charge in [-0.1, -0.05) is 25.1 Å². The summed E-state index contributed by atoms with van der Waals surface area (Å²) < 4.78 is 4.03. The van der Waals surface area contributed by atoms with E-state index in [1.165, 1.54) is 0 Å². The lowest BCUT2D eigenvalue weighted by molar-refractivity contribution is -0.115. The molecule has 184 valence electrons. The third-order valence-corrected chi connectivity index (χ3v) is 6.17. The van der Waals surface area contributed by atoms with Crippen LogP contribution in [0.5, 0.6) is 0 Å². The van der Waals surface area contributed by atoms with Gasteiger partial charge in [-0.25, -0.2) is 9.97 Å². The Morgan fingerprint density at radius 1 is 1.14 bits per heavy atom. The number of carbonyl (C=O) groups is 1. The molecule has 1 amide bonds. The van der Waals surface area contributed by atoms with Crippen molar-refractivity contribution in [1.29, 1.82) is 0 Å². The molecule has 0 bridgehead atoms. The third kappa shape index (κ3) is 4.65. The molecular formula is C27H30N8O. The molecule has 0 saturated carbocycles. The summed E-state index contributed by atoms with van der Waals surface area (Å²) in [4.78, 5) is 23.7. The zero-order chi connectivity index (χ0) is 25.2. The fraction of sp³-hybridized carbons (Fsp3) is 0.259. The Bertz CT molecular complexity index is 1550. The molecular weight excluding hydrogens is 452 g/mol. The van der Waals surface area contributed by atoms with Crippen molar-refractivity contribution in [2.24, 2.45) is 7.05 Å². The zero-order valence-electron chi connectivity index (χ0n) is 21.0. The van der Waals surface area contributed by atoms with Gasteiger partial charge in [0.2, 0.25) is 11.9 Å². The van der Waals surface area contributed by atoms with E-state index in [4.69, 9.17) is 4.98 Å². The molecule has 0 fully saturated rings. The van der Waals surface area contributed by atoms with Crippen LogP contribution in [0.15, 0.2) is 61.1 Å². The maximum Gasteiger partial charge on any atom is 0.227 e. The summed E-state index contributed by atoms with van der Waals surface area (Å²) in [7, 11) is 6.09. The topological polar surface area (TPSA) is 92.9 Å². The third-order valence-electron chi connectivity index (χ3n) is 6.17. The highest BCUT2D eigenvalue weighted by molar-refractivity contribution is 6.02. The minimum atomic E-state index is -0.0528. The lowest BCUT2D eigenvalue weighted by atomic mass is 10.1. The standard InChI is InChI=1S/C27H30N8O/c1-5-25(36)31-23-15-19(14-18-16-29-35(26(18)23)13-12-33(2)3)30-27-28-11-10-22(32-27)21-17-34(4)24-9-7-6-8-20(21)24/h6-11,14-17H,5,12-13H2,1-4H3,(H,31,36)(H,28,30,32). The van der Waals surface area contributed by atoms with Gasteiger partial charge in [0.05, 0.1) is 29.6 Å². The average Bonchev–Trinajstić information content (AvgIpc) is 3.44. The van der Waals surface area contributed by atoms with Crippen LogP contribution in [0.2, 0.25) is 0 Å². The number of hydrogen-bond donors (Lipinski definition) is 2. The Hall–Kier alpha value is -4.24. The molecule has 0 aliphatic rings. The van der Waals surface area contributed by atoms with Crippen molar-refractivity contribution in [3.8, 4) is 11.3 Å². The van der Waals surface area contributed by atoms with Gasteiger partial charge in [0, 0.05) is 59.9 Å². The number of carbonyl (C=O) groups excluding carboxylic acids is 1. The number of hydrogen-bond acceptors (Lipinski definition) is 6. The molecule has 0 aliphatic carbocycles. The number of aromatic nitrogens is 5. The molecule has 9 nitrogen and oxygen atoms in total. The first-order valence-corrected chi connectivity index (χ1v) is 12.0. The number of nitrogens with one attached hydrogen (secondary N) is 2. The van der Waals surface area contributed by atoms with Crippen molar-refractivity contribution in [1.82, 2.24) is 29.2 Å². The first kappa shape index (κ1) is 23.5. The highest BCUT2D eigenvalue weighted by Crippen LogP contribution is 2.32. The van der Waals surface area contributed by atoms with Gasteiger partial charge in [-0.05, 0) is 38.4 Å². The summed E-state index contributed by atoms with van der Waals surface area (Å²) in [6.07, 6.45) is 6.06. The second-order valence-electron chi connectivity index (χ2n) is 9.10. The molecule has 3 aromatic heterocycles. The Morgan fingerprint density at radius 2 is 1.97 bits per heavy atom. The fourth-order valence-corrected chi connectivity index (χ4v) is 4.35. The van der Waals surface area contributed by atoms with E-state index in [1.54, 1.807) is 6.20 Å². The molecule has 0 radical (unpaired) electrons. The van der Waals surface area contributed by atoms with Crippen molar-refractivity contribution in [3.63, 3.8) is 0 Å². The van der Waals surface area contributed by atoms with Crippen LogP contribution in [0.25, 0.3) is 33.1 Å². The predicted octanol–water partition coefficient (Wildman–Crippen LogP) is 4.64. The summed E-state index contributed by atoms with van der Waals surface area (Å²) in [5, 5.41) is 13.0. The molecule has 3 heterocycles. The number of likely N-dealkylation sites (N-methyl/N-ethyl adjacent to an activating group) is 1. The summed E-state index contributed by atoms with van der Waals surface area (Å²) >= 11 is 0. The molecule has 0 aliphatic heterocycles. The van der Waals surface area contributed by atoms with Crippen molar-refractivity contribution < 1.29 is 4.79 Å². The molecule has 5 rings (SSSR count). The number of para-hydroxylation sites is 1. The van der Waals surface area contributed by atoms with E-state index in [0.717, 1.165) is 45.3 Å². The highest BCUT2D eigenvalue weighted by atomic mass is 16.1. The first-order chi connectivity index (χ1) is 17.4. The molecule has 0 unspecified atom stereocenters. The Kier molecular flexibility index (Phi) is 6.39. The van der Waals surface area contributed by atoms with Crippen molar-refractivity contribution in [2.75, 3.05) is 31.3 Å². The van der Waals surface area contributed by atoms with Crippen LogP contribution in [0.3, 0.4) is 0 Å². The number of aryl methyl sites for hydroxylation is 1. The lowest BCUT2D eigenvalue weighted by Gasteiger charge is -2.14. The van der Waals surface area contributed by atoms with Gasteiger partial charge in [0.25, 0.3) is 0 Å². The Morgan fingerprint density at radius 3 is 2.78 bits per heavy atom. The SMILES string of the molecule is CCC(=O)Nc1cc(Nc2nccc(-c3cn(C)c4ccccc34)n2)cc2cnn(CCN(C)C)c12. The maximum absolute atomic E-state index is 12.3. The van der Waals surface area contributed by atoms with Gasteiger partial charge >= 0.3 is 0 Å². The predicted molar refractivity (Wildman–Crippen MR) is 144 cm³/mol. The van der Waals surface area contributed by atoms with Gasteiger partial charge < -0.3 is 20.1 Å². The van der Waals surface area contributed by atoms with E-state index >= 15 is 0 Å². The summed E-state index contributed by atoms with van der Waals surface area (Å²) in [5.74, 6) is 0.426. The largest absolute Gasteiger partial charge is 0.350 e. The van der Waals surface area contributed by atoms with Gasteiger partial charge in [0.15, 0.2) is 0 Å².